The van der Waals surface area contributed by atoms with Crippen molar-refractivity contribution in [3.8, 4) is 0 Å². The maximum atomic E-state index is 7.75. The Kier molecular flexibility index (Phi) is 10500. The zero-order valence-corrected chi connectivity index (χ0v) is 11.3. The quantitative estimate of drug-likeness (QED) is 0.231. The maximum Gasteiger partial charge on any atom is 3.00 e. The van der Waals surface area contributed by atoms with Gasteiger partial charge in [-0.3, -0.25) is 20.4 Å². The maximum absolute atomic E-state index is 7.75. The number of carbonyl (C=O) groups excluding carboxylic acids is 3. The van der Waals surface area contributed by atoms with Crippen molar-refractivity contribution >= 4 is 20.4 Å². The van der Waals surface area contributed by atoms with Crippen molar-refractivity contribution in [3.05, 3.63) is 39.9 Å². The van der Waals surface area contributed by atoms with Gasteiger partial charge in [-0.2, -0.15) is 0 Å². The van der Waals surface area contributed by atoms with E-state index in [9.17, 15) is 0 Å². The van der Waals surface area contributed by atoms with Crippen LogP contribution in [0.5, 0.6) is 0 Å². The summed E-state index contributed by atoms with van der Waals surface area (Å²) >= 11 is 0. The first-order valence-electron chi connectivity index (χ1n) is 1.93. The van der Waals surface area contributed by atoms with Gasteiger partial charge >= 0.3 is 84.9 Å². The molecular formula is C9H3Fe2O9. The third-order valence-corrected chi connectivity index (χ3v) is 0. The molecule has 0 saturated carbocycles. The van der Waals surface area contributed by atoms with Crippen molar-refractivity contribution < 1.29 is 76.4 Å². The van der Waals surface area contributed by atoms with Crippen LogP contribution in [-0.2, 0) is 76.4 Å². The Balaban J connectivity index is -0.00000000500. The summed E-state index contributed by atoms with van der Waals surface area (Å²) in [6, 6.07) is 0. The zero-order chi connectivity index (χ0) is 18.0. The average molecular weight is 367 g/mol. The van der Waals surface area contributed by atoms with Crippen LogP contribution in [0, 0.1) is 39.9 Å². The van der Waals surface area contributed by atoms with Gasteiger partial charge in [-0.15, -0.1) is 0 Å². The van der Waals surface area contributed by atoms with E-state index >= 15 is 0 Å². The minimum absolute atomic E-state index is 0. The third kappa shape index (κ3) is 1730. The van der Waals surface area contributed by atoms with Crippen molar-refractivity contribution in [2.75, 3.05) is 0 Å². The summed E-state index contributed by atoms with van der Waals surface area (Å²) in [7, 11) is 0. The van der Waals surface area contributed by atoms with Crippen molar-refractivity contribution in [1.82, 2.24) is 0 Å². The molecule has 0 unspecified atom stereocenters. The van der Waals surface area contributed by atoms with Gasteiger partial charge in [-0.25, -0.2) is 0 Å². The Hall–Kier alpha value is -1.51. The van der Waals surface area contributed by atoms with E-state index in [1.807, 2.05) is 0 Å². The Labute approximate surface area is 137 Å². The monoisotopic (exact) mass is 367 g/mol. The van der Waals surface area contributed by atoms with Crippen LogP contribution in [0.4, 0.5) is 0 Å². The van der Waals surface area contributed by atoms with Gasteiger partial charge in [0.1, 0.15) is 0 Å². The van der Waals surface area contributed by atoms with Gasteiger partial charge in [-0.05, 0) is 0 Å². The topological polar surface area (TPSA) is 171 Å². The smallest absolute Gasteiger partial charge is 0.545 e. The molecule has 0 fully saturated rings. The Morgan fingerprint density at radius 3 is 0.400 bits per heavy atom. The second-order valence-electron chi connectivity index (χ2n) is 0. The predicted octanol–water partition coefficient (Wildman–Crippen LogP) is -1.05. The van der Waals surface area contributed by atoms with Gasteiger partial charge < -0.3 is 14.4 Å². The number of hydrogen-bond donors (Lipinski definition) is 0. The number of hydrogen-bond acceptors (Lipinski definition) is 3. The van der Waals surface area contributed by atoms with E-state index in [1.165, 1.54) is 0 Å². The molecule has 11 heteroatoms. The van der Waals surface area contributed by atoms with Crippen molar-refractivity contribution in [2.45, 2.75) is 0 Å². The average Bonchev–Trinajstić information content (AvgIpc) is 2.63. The molecule has 0 aliphatic heterocycles. The second kappa shape index (κ2) is 2080. The molecule has 0 rings (SSSR count). The summed E-state index contributed by atoms with van der Waals surface area (Å²) in [6.45, 7) is 36.8. The van der Waals surface area contributed by atoms with Crippen LogP contribution in [0.25, 0.3) is 0 Å². The predicted molar refractivity (Wildman–Crippen MR) is 43.8 cm³/mol. The Morgan fingerprint density at radius 2 is 0.400 bits per heavy atom. The molecule has 0 aliphatic rings. The molecule has 0 aromatic heterocycles. The largest absolute Gasteiger partial charge is 3.00 e. The van der Waals surface area contributed by atoms with Gasteiger partial charge in [0.2, 0.25) is 0 Å². The fraction of sp³-hybridized carbons (Fsp3) is 0. The molecule has 0 N–H and O–H groups in total. The molecule has 0 bridgehead atoms. The van der Waals surface area contributed by atoms with E-state index in [0.29, 0.717) is 0 Å². The molecule has 0 atom stereocenters. The van der Waals surface area contributed by atoms with Crippen LogP contribution in [0.15, 0.2) is 0 Å². The minimum Gasteiger partial charge on any atom is -0.545 e. The summed E-state index contributed by atoms with van der Waals surface area (Å²) in [5.41, 5.74) is 0. The summed E-state index contributed by atoms with van der Waals surface area (Å²) < 4.78 is 45.0. The van der Waals surface area contributed by atoms with Crippen molar-refractivity contribution in [1.29, 1.82) is 0 Å². The molecule has 0 heterocycles. The molecule has 0 spiro atoms. The molecule has 0 aromatic rings. The Morgan fingerprint density at radius 1 is 0.400 bits per heavy atom. The minimum atomic E-state index is 0. The van der Waals surface area contributed by atoms with Crippen molar-refractivity contribution in [2.24, 2.45) is 0 Å². The molecular weight excluding hydrogens is 364 g/mol. The van der Waals surface area contributed by atoms with Crippen LogP contribution in [0.1, 0.15) is 0 Å². The van der Waals surface area contributed by atoms with E-state index in [4.69, 9.17) is 42.3 Å². The van der Waals surface area contributed by atoms with Gasteiger partial charge in [0, 0.05) is 17.1 Å². The van der Waals surface area contributed by atoms with Crippen LogP contribution in [0.3, 0.4) is 0 Å². The Bertz CT molecular complexity index is 132. The molecule has 1 radical (unpaired) electrons. The molecule has 109 valence electrons. The molecule has 0 saturated heterocycles. The molecule has 9 nitrogen and oxygen atoms in total. The standard InChI is InChI=1S/3CHO.6CO.2Fe/c9*1-2;;/h3*1H;;;;;;;;/q3*-1;;;;;;;;+3. The van der Waals surface area contributed by atoms with E-state index in [-0.39, 0.29) is 34.1 Å². The summed E-state index contributed by atoms with van der Waals surface area (Å²) in [5.74, 6) is 0. The van der Waals surface area contributed by atoms with Crippen molar-refractivity contribution in [3.63, 3.8) is 0 Å². The van der Waals surface area contributed by atoms with Crippen LogP contribution in [0.2, 0.25) is 0 Å². The zero-order valence-electron chi connectivity index (χ0n) is 9.11. The molecule has 0 aromatic carbocycles. The van der Waals surface area contributed by atoms with Gasteiger partial charge in [0.15, 0.2) is 0 Å². The summed E-state index contributed by atoms with van der Waals surface area (Å²) in [4.78, 5) is 23.2. The first kappa shape index (κ1) is 101. The second-order valence-corrected chi connectivity index (χ2v) is 0. The van der Waals surface area contributed by atoms with E-state index in [2.05, 4.69) is 60.3 Å². The summed E-state index contributed by atoms with van der Waals surface area (Å²) in [6.07, 6.45) is 0. The fourth-order valence-corrected chi connectivity index (χ4v) is 0. The van der Waals surface area contributed by atoms with E-state index in [0.717, 1.165) is 0 Å². The first-order chi connectivity index (χ1) is 9.00. The first-order valence-corrected chi connectivity index (χ1v) is 1.93. The molecule has 0 aliphatic carbocycles. The van der Waals surface area contributed by atoms with E-state index < -0.39 is 0 Å². The molecule has 20 heavy (non-hydrogen) atoms. The SMILES string of the molecule is [C-]#[O+].[C-]#[O+].[C-]#[O+].[C-]#[O+].[C-]#[O+].[C-]#[O+].[CH-]=O.[CH-]=O.[CH-]=O.[Fe+3].[Fe]. The number of rotatable bonds is 0. The van der Waals surface area contributed by atoms with Gasteiger partial charge in [-0.1, -0.05) is 0 Å². The third-order valence-electron chi connectivity index (χ3n) is 0. The normalized spacial score (nSPS) is 1.20. The van der Waals surface area contributed by atoms with Gasteiger partial charge in [0.25, 0.3) is 0 Å². The molecule has 0 amide bonds. The van der Waals surface area contributed by atoms with Crippen LogP contribution < -0.4 is 0 Å². The fourth-order valence-electron chi connectivity index (χ4n) is 0. The van der Waals surface area contributed by atoms with Crippen LogP contribution in [-0.4, -0.2) is 20.4 Å². The summed E-state index contributed by atoms with van der Waals surface area (Å²) in [5, 5.41) is 0. The van der Waals surface area contributed by atoms with Crippen LogP contribution >= 0.6 is 0 Å². The van der Waals surface area contributed by atoms with E-state index in [1.54, 1.807) is 0 Å². The van der Waals surface area contributed by atoms with Gasteiger partial charge in [0.05, 0.1) is 0 Å².